The molecule has 1 aliphatic rings. The zero-order valence-corrected chi connectivity index (χ0v) is 8.72. The van der Waals surface area contributed by atoms with Crippen molar-refractivity contribution in [1.29, 1.82) is 0 Å². The highest BCUT2D eigenvalue weighted by Gasteiger charge is 2.27. The van der Waals surface area contributed by atoms with Gasteiger partial charge in [0.05, 0.1) is 12.2 Å². The minimum Gasteiger partial charge on any atom is -0.370 e. The number of hydrogen-bond acceptors (Lipinski definition) is 1. The SMILES string of the molecule is CC(C)C(C)C.CC1OC1C. The van der Waals surface area contributed by atoms with Gasteiger partial charge in [0.2, 0.25) is 0 Å². The maximum atomic E-state index is 4.92. The van der Waals surface area contributed by atoms with Crippen LogP contribution in [0.1, 0.15) is 41.5 Å². The molecule has 1 heterocycles. The molecule has 1 heteroatoms. The summed E-state index contributed by atoms with van der Waals surface area (Å²) < 4.78 is 4.92. The van der Waals surface area contributed by atoms with Crippen LogP contribution in [0.25, 0.3) is 0 Å². The summed E-state index contributed by atoms with van der Waals surface area (Å²) in [5.74, 6) is 1.70. The molecule has 0 aliphatic carbocycles. The highest BCUT2D eigenvalue weighted by molar-refractivity contribution is 4.73. The van der Waals surface area contributed by atoms with E-state index in [4.69, 9.17) is 4.74 Å². The van der Waals surface area contributed by atoms with Crippen molar-refractivity contribution in [3.05, 3.63) is 0 Å². The van der Waals surface area contributed by atoms with Gasteiger partial charge in [-0.3, -0.25) is 0 Å². The van der Waals surface area contributed by atoms with Gasteiger partial charge in [-0.05, 0) is 25.7 Å². The molecule has 0 bridgehead atoms. The van der Waals surface area contributed by atoms with Gasteiger partial charge in [0.1, 0.15) is 0 Å². The molecular formula is C10H22O. The third-order valence-corrected chi connectivity index (χ3v) is 2.35. The number of rotatable bonds is 1. The van der Waals surface area contributed by atoms with E-state index in [1.807, 2.05) is 0 Å². The quantitative estimate of drug-likeness (QED) is 0.534. The minimum absolute atomic E-state index is 0.551. The molecule has 2 atom stereocenters. The Balaban J connectivity index is 0.000000183. The van der Waals surface area contributed by atoms with E-state index in [1.54, 1.807) is 0 Å². The molecule has 11 heavy (non-hydrogen) atoms. The van der Waals surface area contributed by atoms with Crippen LogP contribution in [0.5, 0.6) is 0 Å². The molecule has 1 rings (SSSR count). The van der Waals surface area contributed by atoms with E-state index in [1.165, 1.54) is 0 Å². The molecule has 0 spiro atoms. The lowest BCUT2D eigenvalue weighted by molar-refractivity contribution is 0.389. The molecule has 0 radical (unpaired) electrons. The topological polar surface area (TPSA) is 12.5 Å². The van der Waals surface area contributed by atoms with Crippen molar-refractivity contribution < 1.29 is 4.74 Å². The second kappa shape index (κ2) is 4.76. The Hall–Kier alpha value is -0.0400. The average Bonchev–Trinajstić information content (AvgIpc) is 2.46. The zero-order chi connectivity index (χ0) is 9.02. The predicted molar refractivity (Wildman–Crippen MR) is 49.7 cm³/mol. The van der Waals surface area contributed by atoms with Gasteiger partial charge in [0.25, 0.3) is 0 Å². The van der Waals surface area contributed by atoms with Gasteiger partial charge in [-0.2, -0.15) is 0 Å². The second-order valence-corrected chi connectivity index (χ2v) is 4.03. The maximum Gasteiger partial charge on any atom is 0.0811 e. The molecule has 1 nitrogen and oxygen atoms in total. The molecule has 0 aromatic carbocycles. The van der Waals surface area contributed by atoms with E-state index < -0.39 is 0 Å². The molecule has 1 fully saturated rings. The largest absolute Gasteiger partial charge is 0.370 e. The molecule has 68 valence electrons. The van der Waals surface area contributed by atoms with E-state index in [-0.39, 0.29) is 0 Å². The van der Waals surface area contributed by atoms with Gasteiger partial charge in [0.15, 0.2) is 0 Å². The smallest absolute Gasteiger partial charge is 0.0811 e. The molecule has 1 aliphatic heterocycles. The lowest BCUT2D eigenvalue weighted by Crippen LogP contribution is -1.95. The zero-order valence-electron chi connectivity index (χ0n) is 8.72. The average molecular weight is 158 g/mol. The maximum absolute atomic E-state index is 4.92. The lowest BCUT2D eigenvalue weighted by Gasteiger charge is -2.05. The monoisotopic (exact) mass is 158 g/mol. The molecule has 2 unspecified atom stereocenters. The first-order chi connectivity index (χ1) is 4.95. The summed E-state index contributed by atoms with van der Waals surface area (Å²) in [7, 11) is 0. The van der Waals surface area contributed by atoms with Gasteiger partial charge in [-0.25, -0.2) is 0 Å². The van der Waals surface area contributed by atoms with Crippen molar-refractivity contribution in [3.63, 3.8) is 0 Å². The summed E-state index contributed by atoms with van der Waals surface area (Å²) in [4.78, 5) is 0. The number of hydrogen-bond donors (Lipinski definition) is 0. The standard InChI is InChI=1S/C6H14.C4H8O/c1-5(2)6(3)4;1-3-4(2)5-3/h5-6H,1-4H3;3-4H,1-2H3. The van der Waals surface area contributed by atoms with Gasteiger partial charge in [-0.15, -0.1) is 0 Å². The molecule has 0 N–H and O–H groups in total. The summed E-state index contributed by atoms with van der Waals surface area (Å²) in [5.41, 5.74) is 0. The molecule has 1 saturated heterocycles. The van der Waals surface area contributed by atoms with Crippen LogP contribution in [0.3, 0.4) is 0 Å². The van der Waals surface area contributed by atoms with E-state index in [2.05, 4.69) is 41.5 Å². The first-order valence-electron chi connectivity index (χ1n) is 4.60. The fourth-order valence-electron chi connectivity index (χ4n) is 0.293. The third-order valence-electron chi connectivity index (χ3n) is 2.35. The van der Waals surface area contributed by atoms with Crippen LogP contribution < -0.4 is 0 Å². The Morgan fingerprint density at radius 3 is 1.00 bits per heavy atom. The summed E-state index contributed by atoms with van der Waals surface area (Å²) in [6, 6.07) is 0. The molecular weight excluding hydrogens is 136 g/mol. The van der Waals surface area contributed by atoms with Gasteiger partial charge in [0, 0.05) is 0 Å². The van der Waals surface area contributed by atoms with Crippen molar-refractivity contribution in [3.8, 4) is 0 Å². The van der Waals surface area contributed by atoms with Crippen LogP contribution in [0.15, 0.2) is 0 Å². The molecule has 0 amide bonds. The summed E-state index contributed by atoms with van der Waals surface area (Å²) >= 11 is 0. The lowest BCUT2D eigenvalue weighted by atomic mass is 10.0. The van der Waals surface area contributed by atoms with Crippen LogP contribution in [0, 0.1) is 11.8 Å². The summed E-state index contributed by atoms with van der Waals surface area (Å²) in [5, 5.41) is 0. The molecule has 0 aromatic heterocycles. The third kappa shape index (κ3) is 6.36. The Morgan fingerprint density at radius 2 is 1.00 bits per heavy atom. The van der Waals surface area contributed by atoms with Gasteiger partial charge in [-0.1, -0.05) is 27.7 Å². The number of ether oxygens (including phenoxy) is 1. The van der Waals surface area contributed by atoms with Crippen molar-refractivity contribution >= 4 is 0 Å². The Morgan fingerprint density at radius 1 is 0.818 bits per heavy atom. The fourth-order valence-corrected chi connectivity index (χ4v) is 0.293. The van der Waals surface area contributed by atoms with E-state index in [0.29, 0.717) is 12.2 Å². The normalized spacial score (nSPS) is 28.4. The van der Waals surface area contributed by atoms with E-state index >= 15 is 0 Å². The van der Waals surface area contributed by atoms with E-state index in [9.17, 15) is 0 Å². The van der Waals surface area contributed by atoms with Crippen molar-refractivity contribution in [2.75, 3.05) is 0 Å². The highest BCUT2D eigenvalue weighted by Crippen LogP contribution is 2.18. The number of epoxide rings is 1. The van der Waals surface area contributed by atoms with E-state index in [0.717, 1.165) is 11.8 Å². The fraction of sp³-hybridized carbons (Fsp3) is 1.00. The Bertz CT molecular complexity index is 85.0. The summed E-state index contributed by atoms with van der Waals surface area (Å²) in [6.45, 7) is 13.1. The van der Waals surface area contributed by atoms with Gasteiger partial charge < -0.3 is 4.74 Å². The van der Waals surface area contributed by atoms with Crippen LogP contribution in [0.4, 0.5) is 0 Å². The first kappa shape index (κ1) is 11.0. The Kier molecular flexibility index (Phi) is 4.74. The molecule has 0 aromatic rings. The van der Waals surface area contributed by atoms with Crippen LogP contribution in [-0.2, 0) is 4.74 Å². The summed E-state index contributed by atoms with van der Waals surface area (Å²) in [6.07, 6.45) is 1.10. The highest BCUT2D eigenvalue weighted by atomic mass is 16.6. The second-order valence-electron chi connectivity index (χ2n) is 4.03. The first-order valence-corrected chi connectivity index (χ1v) is 4.60. The van der Waals surface area contributed by atoms with Crippen LogP contribution in [-0.4, -0.2) is 12.2 Å². The van der Waals surface area contributed by atoms with Gasteiger partial charge >= 0.3 is 0 Å². The Labute approximate surface area is 71.1 Å². The van der Waals surface area contributed by atoms with Crippen molar-refractivity contribution in [1.82, 2.24) is 0 Å². The van der Waals surface area contributed by atoms with Crippen LogP contribution in [0.2, 0.25) is 0 Å². The van der Waals surface area contributed by atoms with Crippen molar-refractivity contribution in [2.45, 2.75) is 53.8 Å². The van der Waals surface area contributed by atoms with Crippen molar-refractivity contribution in [2.24, 2.45) is 11.8 Å². The predicted octanol–water partition coefficient (Wildman–Crippen LogP) is 3.09. The minimum atomic E-state index is 0.551. The van der Waals surface area contributed by atoms with Crippen LogP contribution >= 0.6 is 0 Å². The molecule has 0 saturated carbocycles.